The van der Waals surface area contributed by atoms with Crippen molar-refractivity contribution in [2.75, 3.05) is 48.8 Å². The molecule has 1 saturated carbocycles. The van der Waals surface area contributed by atoms with Crippen LogP contribution in [-0.4, -0.2) is 60.4 Å². The Morgan fingerprint density at radius 3 is 2.58 bits per heavy atom. The average molecular weight is 462 g/mol. The molecule has 1 aromatic carbocycles. The van der Waals surface area contributed by atoms with Gasteiger partial charge in [0.15, 0.2) is 5.82 Å². The maximum absolute atomic E-state index is 4.79. The van der Waals surface area contributed by atoms with Gasteiger partial charge in [-0.15, -0.1) is 11.3 Å². The van der Waals surface area contributed by atoms with Crippen molar-refractivity contribution >= 4 is 46.4 Å². The van der Waals surface area contributed by atoms with Gasteiger partial charge in [-0.25, -0.2) is 9.98 Å². The number of rotatable bonds is 7. The average Bonchev–Trinajstić information content (AvgIpc) is 3.54. The Hall–Kier alpha value is -2.97. The number of nitrogens with zero attached hydrogens (tertiary/aromatic N) is 5. The van der Waals surface area contributed by atoms with Crippen molar-refractivity contribution in [3.8, 4) is 0 Å². The van der Waals surface area contributed by atoms with Crippen LogP contribution in [0.5, 0.6) is 0 Å². The number of thiophene rings is 1. The van der Waals surface area contributed by atoms with Crippen LogP contribution in [0.25, 0.3) is 0 Å². The van der Waals surface area contributed by atoms with Crippen LogP contribution in [0, 0.1) is 0 Å². The summed E-state index contributed by atoms with van der Waals surface area (Å²) in [6, 6.07) is 13.1. The fourth-order valence-electron chi connectivity index (χ4n) is 4.35. The standard InChI is InChI=1S/C25H31N7S/c1-31-12-14-32(15-13-31)21-10-8-20(9-11-21)29-25-27-18-23(26-17-22-7-4-16-33-22)24(30-25)28-19-5-2-3-6-19/h4,7-11,16-19H,2-3,5-6,12-15H2,1H3,(H2,27,28,29,30). The quantitative estimate of drug-likeness (QED) is 0.475. The van der Waals surface area contributed by atoms with E-state index in [2.05, 4.69) is 73.2 Å². The fraction of sp³-hybridized carbons (Fsp3) is 0.400. The van der Waals surface area contributed by atoms with Gasteiger partial charge in [0, 0.05) is 54.7 Å². The molecule has 0 bridgehead atoms. The zero-order valence-corrected chi connectivity index (χ0v) is 19.9. The minimum atomic E-state index is 0.450. The molecule has 0 spiro atoms. The van der Waals surface area contributed by atoms with Gasteiger partial charge < -0.3 is 20.4 Å². The summed E-state index contributed by atoms with van der Waals surface area (Å²) in [5, 5.41) is 9.03. The number of anilines is 4. The van der Waals surface area contributed by atoms with Gasteiger partial charge in [-0.3, -0.25) is 0 Å². The number of likely N-dealkylation sites (N-methyl/N-ethyl adjacent to an activating group) is 1. The first kappa shape index (κ1) is 21.9. The molecule has 2 aliphatic rings. The van der Waals surface area contributed by atoms with Crippen LogP contribution in [-0.2, 0) is 0 Å². The first-order chi connectivity index (χ1) is 16.2. The highest BCUT2D eigenvalue weighted by Gasteiger charge is 2.18. The number of hydrogen-bond donors (Lipinski definition) is 2. The van der Waals surface area contributed by atoms with Gasteiger partial charge in [0.2, 0.25) is 5.95 Å². The van der Waals surface area contributed by atoms with Gasteiger partial charge in [0.1, 0.15) is 5.69 Å². The molecule has 2 aromatic heterocycles. The van der Waals surface area contributed by atoms with E-state index >= 15 is 0 Å². The Balaban J connectivity index is 1.31. The first-order valence-electron chi connectivity index (χ1n) is 11.7. The molecule has 2 N–H and O–H groups in total. The summed E-state index contributed by atoms with van der Waals surface area (Å²) in [5.41, 5.74) is 3.01. The van der Waals surface area contributed by atoms with Crippen LogP contribution in [0.4, 0.5) is 28.8 Å². The van der Waals surface area contributed by atoms with Crippen LogP contribution in [0.15, 0.2) is 53.0 Å². The number of aliphatic imine (C=N–C) groups is 1. The Labute approximate surface area is 199 Å². The summed E-state index contributed by atoms with van der Waals surface area (Å²) in [7, 11) is 2.18. The van der Waals surface area contributed by atoms with E-state index in [0.29, 0.717) is 12.0 Å². The molecule has 1 aliphatic carbocycles. The maximum Gasteiger partial charge on any atom is 0.229 e. The van der Waals surface area contributed by atoms with Crippen molar-refractivity contribution in [2.45, 2.75) is 31.7 Å². The third kappa shape index (κ3) is 5.69. The molecule has 1 aliphatic heterocycles. The van der Waals surface area contributed by atoms with E-state index in [1.165, 1.54) is 31.4 Å². The van der Waals surface area contributed by atoms with Gasteiger partial charge in [-0.05, 0) is 55.6 Å². The van der Waals surface area contributed by atoms with E-state index in [0.717, 1.165) is 48.2 Å². The molecule has 8 heteroatoms. The SMILES string of the molecule is CN1CCN(c2ccc(Nc3ncc(N=Cc4cccs4)c(NC4CCCC4)n3)cc2)CC1. The largest absolute Gasteiger partial charge is 0.369 e. The van der Waals surface area contributed by atoms with E-state index in [4.69, 9.17) is 4.98 Å². The third-order valence-electron chi connectivity index (χ3n) is 6.33. The van der Waals surface area contributed by atoms with E-state index in [-0.39, 0.29) is 0 Å². The molecule has 0 unspecified atom stereocenters. The normalized spacial score (nSPS) is 17.7. The lowest BCUT2D eigenvalue weighted by molar-refractivity contribution is 0.313. The summed E-state index contributed by atoms with van der Waals surface area (Å²) in [5.74, 6) is 1.37. The second-order valence-corrected chi connectivity index (χ2v) is 9.77. The first-order valence-corrected chi connectivity index (χ1v) is 12.6. The summed E-state index contributed by atoms with van der Waals surface area (Å²) in [6.07, 6.45) is 8.56. The van der Waals surface area contributed by atoms with Crippen LogP contribution in [0.1, 0.15) is 30.6 Å². The zero-order valence-electron chi connectivity index (χ0n) is 19.1. The van der Waals surface area contributed by atoms with Crippen molar-refractivity contribution in [1.29, 1.82) is 0 Å². The predicted octanol–water partition coefficient (Wildman–Crippen LogP) is 5.14. The molecule has 3 aromatic rings. The molecule has 2 fully saturated rings. The van der Waals surface area contributed by atoms with E-state index in [1.807, 2.05) is 12.3 Å². The van der Waals surface area contributed by atoms with E-state index in [1.54, 1.807) is 17.5 Å². The minimum Gasteiger partial charge on any atom is -0.369 e. The molecule has 5 rings (SSSR count). The summed E-state index contributed by atoms with van der Waals surface area (Å²) >= 11 is 1.67. The Bertz CT molecular complexity index is 1050. The van der Waals surface area contributed by atoms with Crippen LogP contribution in [0.3, 0.4) is 0 Å². The molecule has 0 amide bonds. The predicted molar refractivity (Wildman–Crippen MR) is 139 cm³/mol. The number of nitrogens with one attached hydrogen (secondary N) is 2. The van der Waals surface area contributed by atoms with Crippen LogP contribution in [0.2, 0.25) is 0 Å². The van der Waals surface area contributed by atoms with Crippen molar-refractivity contribution in [3.05, 3.63) is 52.9 Å². The lowest BCUT2D eigenvalue weighted by Gasteiger charge is -2.34. The van der Waals surface area contributed by atoms with Crippen molar-refractivity contribution in [2.24, 2.45) is 4.99 Å². The molecule has 3 heterocycles. The molecular formula is C25H31N7S. The highest BCUT2D eigenvalue weighted by molar-refractivity contribution is 7.11. The molecule has 172 valence electrons. The molecule has 1 saturated heterocycles. The van der Waals surface area contributed by atoms with Gasteiger partial charge in [0.05, 0.1) is 6.20 Å². The van der Waals surface area contributed by atoms with Crippen molar-refractivity contribution in [1.82, 2.24) is 14.9 Å². The Kier molecular flexibility index (Phi) is 6.83. The smallest absolute Gasteiger partial charge is 0.229 e. The second-order valence-electron chi connectivity index (χ2n) is 8.79. The monoisotopic (exact) mass is 461 g/mol. The summed E-state index contributed by atoms with van der Waals surface area (Å²) in [6.45, 7) is 4.34. The van der Waals surface area contributed by atoms with Crippen LogP contribution >= 0.6 is 11.3 Å². The number of benzene rings is 1. The molecule has 7 nitrogen and oxygen atoms in total. The highest BCUT2D eigenvalue weighted by Crippen LogP contribution is 2.29. The highest BCUT2D eigenvalue weighted by atomic mass is 32.1. The Morgan fingerprint density at radius 1 is 1.06 bits per heavy atom. The number of aromatic nitrogens is 2. The molecule has 0 radical (unpaired) electrons. The van der Waals surface area contributed by atoms with Gasteiger partial charge in [0.25, 0.3) is 0 Å². The number of piperazine rings is 1. The zero-order chi connectivity index (χ0) is 22.5. The van der Waals surface area contributed by atoms with Crippen LogP contribution < -0.4 is 15.5 Å². The maximum atomic E-state index is 4.79. The molecular weight excluding hydrogens is 430 g/mol. The summed E-state index contributed by atoms with van der Waals surface area (Å²) < 4.78 is 0. The second kappa shape index (κ2) is 10.3. The topological polar surface area (TPSA) is 68.7 Å². The lowest BCUT2D eigenvalue weighted by atomic mass is 10.2. The Morgan fingerprint density at radius 2 is 1.85 bits per heavy atom. The van der Waals surface area contributed by atoms with E-state index < -0.39 is 0 Å². The molecule has 0 atom stereocenters. The molecule has 33 heavy (non-hydrogen) atoms. The lowest BCUT2D eigenvalue weighted by Crippen LogP contribution is -2.44. The van der Waals surface area contributed by atoms with Crippen molar-refractivity contribution in [3.63, 3.8) is 0 Å². The van der Waals surface area contributed by atoms with Gasteiger partial charge in [-0.2, -0.15) is 4.98 Å². The summed E-state index contributed by atoms with van der Waals surface area (Å²) in [4.78, 5) is 19.9. The minimum absolute atomic E-state index is 0.450. The third-order valence-corrected chi connectivity index (χ3v) is 7.14. The fourth-order valence-corrected chi connectivity index (χ4v) is 4.93. The van der Waals surface area contributed by atoms with Crippen molar-refractivity contribution < 1.29 is 0 Å². The number of hydrogen-bond acceptors (Lipinski definition) is 8. The van der Waals surface area contributed by atoms with Gasteiger partial charge in [-0.1, -0.05) is 18.9 Å². The van der Waals surface area contributed by atoms with E-state index in [9.17, 15) is 0 Å². The van der Waals surface area contributed by atoms with Gasteiger partial charge >= 0.3 is 0 Å².